The SMILES string of the molecule is Cc1cc(CCC(C)(C)CCNCC(C)C)c(C)cc1Br. The van der Waals surface area contributed by atoms with Crippen molar-refractivity contribution >= 4 is 15.9 Å². The molecule has 2 heteroatoms. The van der Waals surface area contributed by atoms with Gasteiger partial charge in [-0.05, 0) is 80.3 Å². The summed E-state index contributed by atoms with van der Waals surface area (Å²) in [7, 11) is 0. The molecule has 1 N–H and O–H groups in total. The molecule has 0 unspecified atom stereocenters. The van der Waals surface area contributed by atoms with Gasteiger partial charge in [-0.25, -0.2) is 0 Å². The molecule has 0 aromatic heterocycles. The normalized spacial score (nSPS) is 12.2. The Morgan fingerprint density at radius 2 is 1.76 bits per heavy atom. The summed E-state index contributed by atoms with van der Waals surface area (Å²) < 4.78 is 1.22. The van der Waals surface area contributed by atoms with Gasteiger partial charge in [-0.2, -0.15) is 0 Å². The van der Waals surface area contributed by atoms with E-state index in [0.717, 1.165) is 19.0 Å². The van der Waals surface area contributed by atoms with Gasteiger partial charge in [-0.1, -0.05) is 49.7 Å². The van der Waals surface area contributed by atoms with Gasteiger partial charge < -0.3 is 5.32 Å². The van der Waals surface area contributed by atoms with Gasteiger partial charge in [0, 0.05) is 4.47 Å². The van der Waals surface area contributed by atoms with E-state index >= 15 is 0 Å². The molecule has 0 bridgehead atoms. The lowest BCUT2D eigenvalue weighted by atomic mass is 9.82. The minimum atomic E-state index is 0.400. The monoisotopic (exact) mass is 353 g/mol. The topological polar surface area (TPSA) is 12.0 Å². The minimum absolute atomic E-state index is 0.400. The van der Waals surface area contributed by atoms with Gasteiger partial charge in [0.05, 0.1) is 0 Å². The minimum Gasteiger partial charge on any atom is -0.316 e. The van der Waals surface area contributed by atoms with Crippen LogP contribution in [0.15, 0.2) is 16.6 Å². The van der Waals surface area contributed by atoms with E-state index < -0.39 is 0 Å². The zero-order valence-electron chi connectivity index (χ0n) is 14.6. The number of halogens is 1. The number of hydrogen-bond acceptors (Lipinski definition) is 1. The van der Waals surface area contributed by atoms with Crippen molar-refractivity contribution in [1.29, 1.82) is 0 Å². The maximum Gasteiger partial charge on any atom is 0.0207 e. The molecular formula is C19H32BrN. The van der Waals surface area contributed by atoms with E-state index in [0.29, 0.717) is 5.41 Å². The van der Waals surface area contributed by atoms with Gasteiger partial charge in [-0.15, -0.1) is 0 Å². The standard InChI is InChI=1S/C19H32BrN/c1-14(2)13-21-10-9-19(5,6)8-7-17-11-16(4)18(20)12-15(17)3/h11-12,14,21H,7-10,13H2,1-6H3. The molecule has 21 heavy (non-hydrogen) atoms. The highest BCUT2D eigenvalue weighted by Crippen LogP contribution is 2.29. The lowest BCUT2D eigenvalue weighted by Gasteiger charge is -2.25. The molecule has 120 valence electrons. The van der Waals surface area contributed by atoms with E-state index in [9.17, 15) is 0 Å². The maximum absolute atomic E-state index is 3.62. The molecule has 0 atom stereocenters. The molecule has 0 saturated carbocycles. The summed E-state index contributed by atoms with van der Waals surface area (Å²) in [5, 5.41) is 3.56. The summed E-state index contributed by atoms with van der Waals surface area (Å²) in [6.45, 7) is 16.0. The van der Waals surface area contributed by atoms with Crippen LogP contribution in [-0.2, 0) is 6.42 Å². The Balaban J connectivity index is 2.47. The van der Waals surface area contributed by atoms with Crippen molar-refractivity contribution in [3.8, 4) is 0 Å². The molecule has 0 heterocycles. The molecule has 0 spiro atoms. The first kappa shape index (κ1) is 18.7. The van der Waals surface area contributed by atoms with E-state index in [1.807, 2.05) is 0 Å². The molecular weight excluding hydrogens is 322 g/mol. The molecule has 1 nitrogen and oxygen atoms in total. The smallest absolute Gasteiger partial charge is 0.0207 e. The highest BCUT2D eigenvalue weighted by molar-refractivity contribution is 9.10. The van der Waals surface area contributed by atoms with Crippen molar-refractivity contribution in [3.05, 3.63) is 33.3 Å². The number of rotatable bonds is 8. The lowest BCUT2D eigenvalue weighted by molar-refractivity contribution is 0.300. The Hall–Kier alpha value is -0.340. The zero-order chi connectivity index (χ0) is 16.0. The van der Waals surface area contributed by atoms with Crippen molar-refractivity contribution in [2.24, 2.45) is 11.3 Å². The number of benzene rings is 1. The second-order valence-electron chi connectivity index (χ2n) is 7.54. The zero-order valence-corrected chi connectivity index (χ0v) is 16.2. The Kier molecular flexibility index (Phi) is 7.42. The van der Waals surface area contributed by atoms with E-state index in [1.165, 1.54) is 40.4 Å². The molecule has 0 radical (unpaired) electrons. The molecule has 0 fully saturated rings. The van der Waals surface area contributed by atoms with Crippen LogP contribution in [0.4, 0.5) is 0 Å². The van der Waals surface area contributed by atoms with Crippen LogP contribution in [-0.4, -0.2) is 13.1 Å². The molecule has 0 aliphatic rings. The fraction of sp³-hybridized carbons (Fsp3) is 0.684. The van der Waals surface area contributed by atoms with Gasteiger partial charge in [-0.3, -0.25) is 0 Å². The predicted molar refractivity (Wildman–Crippen MR) is 98.0 cm³/mol. The average molecular weight is 354 g/mol. The fourth-order valence-electron chi connectivity index (χ4n) is 2.53. The maximum atomic E-state index is 3.62. The van der Waals surface area contributed by atoms with Crippen LogP contribution in [0, 0.1) is 25.2 Å². The van der Waals surface area contributed by atoms with Crippen molar-refractivity contribution < 1.29 is 0 Å². The Morgan fingerprint density at radius 3 is 2.38 bits per heavy atom. The summed E-state index contributed by atoms with van der Waals surface area (Å²) in [4.78, 5) is 0. The third-order valence-electron chi connectivity index (χ3n) is 4.22. The van der Waals surface area contributed by atoms with Crippen LogP contribution in [0.1, 0.15) is 57.2 Å². The third-order valence-corrected chi connectivity index (χ3v) is 5.07. The van der Waals surface area contributed by atoms with Crippen molar-refractivity contribution in [2.45, 2.75) is 60.8 Å². The summed E-state index contributed by atoms with van der Waals surface area (Å²) >= 11 is 3.62. The Morgan fingerprint density at radius 1 is 1.10 bits per heavy atom. The van der Waals surface area contributed by atoms with Gasteiger partial charge in [0.2, 0.25) is 0 Å². The summed E-state index contributed by atoms with van der Waals surface area (Å²) in [5.41, 5.74) is 4.64. The molecule has 0 aliphatic carbocycles. The molecule has 0 saturated heterocycles. The highest BCUT2D eigenvalue weighted by Gasteiger charge is 2.18. The van der Waals surface area contributed by atoms with Crippen molar-refractivity contribution in [1.82, 2.24) is 5.32 Å². The third kappa shape index (κ3) is 6.97. The molecule has 0 amide bonds. The summed E-state index contributed by atoms with van der Waals surface area (Å²) in [6, 6.07) is 4.59. The number of aryl methyl sites for hydroxylation is 3. The largest absolute Gasteiger partial charge is 0.316 e. The first-order chi connectivity index (χ1) is 9.71. The van der Waals surface area contributed by atoms with Crippen LogP contribution in [0.2, 0.25) is 0 Å². The molecule has 0 aliphatic heterocycles. The van der Waals surface area contributed by atoms with E-state index in [-0.39, 0.29) is 0 Å². The number of hydrogen-bond donors (Lipinski definition) is 1. The van der Waals surface area contributed by atoms with E-state index in [2.05, 4.69) is 74.9 Å². The number of nitrogens with one attached hydrogen (secondary N) is 1. The van der Waals surface area contributed by atoms with E-state index in [4.69, 9.17) is 0 Å². The summed E-state index contributed by atoms with van der Waals surface area (Å²) in [5.74, 6) is 0.738. The van der Waals surface area contributed by atoms with Crippen molar-refractivity contribution in [2.75, 3.05) is 13.1 Å². The molecule has 1 aromatic carbocycles. The first-order valence-electron chi connectivity index (χ1n) is 8.17. The van der Waals surface area contributed by atoms with Crippen LogP contribution >= 0.6 is 15.9 Å². The second kappa shape index (κ2) is 8.33. The average Bonchev–Trinajstić information content (AvgIpc) is 2.37. The summed E-state index contributed by atoms with van der Waals surface area (Å²) in [6.07, 6.45) is 3.67. The predicted octanol–water partition coefficient (Wildman–Crippen LogP) is 5.66. The fourth-order valence-corrected chi connectivity index (χ4v) is 2.98. The van der Waals surface area contributed by atoms with Crippen LogP contribution in [0.3, 0.4) is 0 Å². The second-order valence-corrected chi connectivity index (χ2v) is 8.39. The van der Waals surface area contributed by atoms with Crippen LogP contribution in [0.25, 0.3) is 0 Å². The van der Waals surface area contributed by atoms with Gasteiger partial charge >= 0.3 is 0 Å². The van der Waals surface area contributed by atoms with E-state index in [1.54, 1.807) is 0 Å². The molecule has 1 rings (SSSR count). The van der Waals surface area contributed by atoms with Gasteiger partial charge in [0.25, 0.3) is 0 Å². The molecule has 1 aromatic rings. The van der Waals surface area contributed by atoms with Gasteiger partial charge in [0.1, 0.15) is 0 Å². The Labute approximate surface area is 140 Å². The Bertz CT molecular complexity index is 449. The highest BCUT2D eigenvalue weighted by atomic mass is 79.9. The first-order valence-corrected chi connectivity index (χ1v) is 8.97. The van der Waals surface area contributed by atoms with Gasteiger partial charge in [0.15, 0.2) is 0 Å². The van der Waals surface area contributed by atoms with Crippen molar-refractivity contribution in [3.63, 3.8) is 0 Å². The quantitative estimate of drug-likeness (QED) is 0.594. The van der Waals surface area contributed by atoms with Crippen LogP contribution in [0.5, 0.6) is 0 Å². The lowest BCUT2D eigenvalue weighted by Crippen LogP contribution is -2.25. The van der Waals surface area contributed by atoms with Crippen LogP contribution < -0.4 is 5.32 Å².